The Morgan fingerprint density at radius 3 is 1.12 bits per heavy atom. The van der Waals surface area contributed by atoms with E-state index in [2.05, 4.69) is 218 Å². The molecule has 0 saturated carbocycles. The zero-order chi connectivity index (χ0) is 37.0. The molecule has 0 saturated heterocycles. The first-order valence-corrected chi connectivity index (χ1v) is 19.4. The summed E-state index contributed by atoms with van der Waals surface area (Å²) in [4.78, 5) is 0. The molecule has 11 rings (SSSR count). The van der Waals surface area contributed by atoms with E-state index in [1.54, 1.807) is 0 Å². The standard InChI is InChI=1S/C56H36/c1-5-19-39(20-6-1)51-52(40-21-7-2-8-22-40)54(42-25-11-4-12-26-42)56(46-31-15-27-37-18-13-14-30-44(37)46)55(53(51)41-23-9-3-10-24-41)43-34-35-45-47-32-16-28-38-29-17-33-48(50(38)47)49(45)36-43/h1-36H. The van der Waals surface area contributed by atoms with E-state index in [1.165, 1.54) is 111 Å². The van der Waals surface area contributed by atoms with Gasteiger partial charge in [0.15, 0.2) is 0 Å². The molecule has 0 amide bonds. The average Bonchev–Trinajstić information content (AvgIpc) is 3.60. The molecule has 56 heavy (non-hydrogen) atoms. The van der Waals surface area contributed by atoms with Crippen LogP contribution in [0.25, 0.3) is 111 Å². The minimum Gasteiger partial charge on any atom is -0.0622 e. The van der Waals surface area contributed by atoms with Crippen LogP contribution >= 0.6 is 0 Å². The molecule has 10 aromatic rings. The van der Waals surface area contributed by atoms with E-state index in [9.17, 15) is 0 Å². The van der Waals surface area contributed by atoms with Gasteiger partial charge in [0, 0.05) is 0 Å². The lowest BCUT2D eigenvalue weighted by Crippen LogP contribution is -2.02. The number of rotatable bonds is 6. The zero-order valence-electron chi connectivity index (χ0n) is 30.8. The molecule has 0 heteroatoms. The second-order valence-corrected chi connectivity index (χ2v) is 14.7. The first-order valence-electron chi connectivity index (χ1n) is 19.4. The minimum absolute atomic E-state index is 1.19. The van der Waals surface area contributed by atoms with Crippen molar-refractivity contribution in [3.63, 3.8) is 0 Å². The van der Waals surface area contributed by atoms with Crippen LogP contribution in [0.15, 0.2) is 218 Å². The van der Waals surface area contributed by atoms with E-state index in [0.29, 0.717) is 0 Å². The molecule has 0 radical (unpaired) electrons. The van der Waals surface area contributed by atoms with Crippen LogP contribution in [-0.2, 0) is 0 Å². The number of fused-ring (bicyclic) bond motifs is 4. The van der Waals surface area contributed by atoms with Gasteiger partial charge in [0.2, 0.25) is 0 Å². The van der Waals surface area contributed by atoms with Crippen molar-refractivity contribution >= 4 is 21.5 Å². The molecule has 0 nitrogen and oxygen atoms in total. The quantitative estimate of drug-likeness (QED) is 0.161. The summed E-state index contributed by atoms with van der Waals surface area (Å²) in [6, 6.07) is 80.5. The van der Waals surface area contributed by atoms with Gasteiger partial charge >= 0.3 is 0 Å². The maximum absolute atomic E-state index is 2.48. The highest BCUT2D eigenvalue weighted by molar-refractivity contribution is 6.20. The van der Waals surface area contributed by atoms with Gasteiger partial charge in [-0.1, -0.05) is 212 Å². The van der Waals surface area contributed by atoms with Crippen LogP contribution < -0.4 is 0 Å². The van der Waals surface area contributed by atoms with E-state index < -0.39 is 0 Å². The van der Waals surface area contributed by atoms with Gasteiger partial charge in [0.1, 0.15) is 0 Å². The van der Waals surface area contributed by atoms with Crippen molar-refractivity contribution in [2.45, 2.75) is 0 Å². The molecule has 0 unspecified atom stereocenters. The third-order valence-electron chi connectivity index (χ3n) is 11.6. The molecule has 0 aromatic heterocycles. The first kappa shape index (κ1) is 32.2. The fourth-order valence-corrected chi connectivity index (χ4v) is 9.27. The number of hydrogen-bond acceptors (Lipinski definition) is 0. The largest absolute Gasteiger partial charge is 0.0622 e. The highest BCUT2D eigenvalue weighted by atomic mass is 14.3. The van der Waals surface area contributed by atoms with Gasteiger partial charge in [-0.3, -0.25) is 0 Å². The second-order valence-electron chi connectivity index (χ2n) is 14.7. The van der Waals surface area contributed by atoms with E-state index in [0.717, 1.165) is 0 Å². The third-order valence-corrected chi connectivity index (χ3v) is 11.6. The van der Waals surface area contributed by atoms with E-state index in [4.69, 9.17) is 0 Å². The Morgan fingerprint density at radius 1 is 0.196 bits per heavy atom. The lowest BCUT2D eigenvalue weighted by atomic mass is 9.73. The van der Waals surface area contributed by atoms with Gasteiger partial charge in [-0.2, -0.15) is 0 Å². The molecule has 10 aromatic carbocycles. The van der Waals surface area contributed by atoms with E-state index in [1.807, 2.05) is 0 Å². The van der Waals surface area contributed by atoms with Crippen molar-refractivity contribution in [2.24, 2.45) is 0 Å². The molecular weight excluding hydrogens is 673 g/mol. The SMILES string of the molecule is c1ccc(-c2c(-c3ccccc3)c(-c3ccccc3)c(-c3cccc4ccccc34)c(-c3ccc4c(c3)-c3cccc5cccc-4c35)c2-c2ccccc2)cc1. The summed E-state index contributed by atoms with van der Waals surface area (Å²) in [5, 5.41) is 5.08. The lowest BCUT2D eigenvalue weighted by molar-refractivity contribution is 1.52. The lowest BCUT2D eigenvalue weighted by Gasteiger charge is -2.29. The van der Waals surface area contributed by atoms with Crippen LogP contribution in [0.2, 0.25) is 0 Å². The highest BCUT2D eigenvalue weighted by Gasteiger charge is 2.31. The molecule has 260 valence electrons. The van der Waals surface area contributed by atoms with Crippen LogP contribution in [0, 0.1) is 0 Å². The maximum atomic E-state index is 2.48. The molecule has 0 aliphatic heterocycles. The van der Waals surface area contributed by atoms with Gasteiger partial charge < -0.3 is 0 Å². The second kappa shape index (κ2) is 13.2. The average molecular weight is 709 g/mol. The van der Waals surface area contributed by atoms with Crippen LogP contribution in [0.1, 0.15) is 0 Å². The monoisotopic (exact) mass is 708 g/mol. The molecule has 0 N–H and O–H groups in total. The smallest absolute Gasteiger partial charge is 0.000763 e. The van der Waals surface area contributed by atoms with Crippen molar-refractivity contribution in [3.05, 3.63) is 218 Å². The molecule has 0 heterocycles. The van der Waals surface area contributed by atoms with E-state index >= 15 is 0 Å². The van der Waals surface area contributed by atoms with Crippen molar-refractivity contribution in [2.75, 3.05) is 0 Å². The van der Waals surface area contributed by atoms with Crippen molar-refractivity contribution in [1.29, 1.82) is 0 Å². The molecular formula is C56H36. The molecule has 0 fully saturated rings. The van der Waals surface area contributed by atoms with Crippen LogP contribution in [0.5, 0.6) is 0 Å². The Hall–Kier alpha value is -7.28. The summed E-state index contributed by atoms with van der Waals surface area (Å²) in [7, 11) is 0. The predicted octanol–water partition coefficient (Wildman–Crippen LogP) is 15.6. The van der Waals surface area contributed by atoms with Crippen molar-refractivity contribution < 1.29 is 0 Å². The Morgan fingerprint density at radius 2 is 0.589 bits per heavy atom. The first-order chi connectivity index (χ1) is 27.8. The van der Waals surface area contributed by atoms with Gasteiger partial charge in [-0.15, -0.1) is 0 Å². The molecule has 0 bridgehead atoms. The fraction of sp³-hybridized carbons (Fsp3) is 0. The van der Waals surface area contributed by atoms with Crippen LogP contribution in [0.4, 0.5) is 0 Å². The Kier molecular flexibility index (Phi) is 7.60. The Balaban J connectivity index is 1.40. The maximum Gasteiger partial charge on any atom is -0.000763 e. The predicted molar refractivity (Wildman–Crippen MR) is 238 cm³/mol. The summed E-state index contributed by atoms with van der Waals surface area (Å²) < 4.78 is 0. The molecule has 1 aliphatic carbocycles. The van der Waals surface area contributed by atoms with Crippen molar-refractivity contribution in [3.8, 4) is 89.0 Å². The number of hydrogen-bond donors (Lipinski definition) is 0. The van der Waals surface area contributed by atoms with Gasteiger partial charge in [0.25, 0.3) is 0 Å². The molecule has 0 atom stereocenters. The zero-order valence-corrected chi connectivity index (χ0v) is 30.8. The van der Waals surface area contributed by atoms with Crippen molar-refractivity contribution in [1.82, 2.24) is 0 Å². The summed E-state index contributed by atoms with van der Waals surface area (Å²) in [6.45, 7) is 0. The summed E-state index contributed by atoms with van der Waals surface area (Å²) >= 11 is 0. The normalized spacial score (nSPS) is 11.6. The third kappa shape index (κ3) is 5.08. The summed E-state index contributed by atoms with van der Waals surface area (Å²) in [5.74, 6) is 0. The van der Waals surface area contributed by atoms with Gasteiger partial charge in [-0.05, 0) is 117 Å². The minimum atomic E-state index is 1.19. The Bertz CT molecular complexity index is 3080. The molecule has 0 spiro atoms. The van der Waals surface area contributed by atoms with E-state index in [-0.39, 0.29) is 0 Å². The summed E-state index contributed by atoms with van der Waals surface area (Å²) in [6.07, 6.45) is 0. The van der Waals surface area contributed by atoms with Gasteiger partial charge in [-0.25, -0.2) is 0 Å². The fourth-order valence-electron chi connectivity index (χ4n) is 9.27. The topological polar surface area (TPSA) is 0 Å². The van der Waals surface area contributed by atoms with Gasteiger partial charge in [0.05, 0.1) is 0 Å². The Labute approximate surface area is 327 Å². The van der Waals surface area contributed by atoms with Crippen LogP contribution in [0.3, 0.4) is 0 Å². The molecule has 1 aliphatic rings. The van der Waals surface area contributed by atoms with Crippen LogP contribution in [-0.4, -0.2) is 0 Å². The number of benzene rings is 10. The highest BCUT2D eigenvalue weighted by Crippen LogP contribution is 2.58. The summed E-state index contributed by atoms with van der Waals surface area (Å²) in [5.41, 5.74) is 19.7.